The van der Waals surface area contributed by atoms with Crippen molar-refractivity contribution in [3.63, 3.8) is 0 Å². The molecule has 3 heterocycles. The first-order valence-corrected chi connectivity index (χ1v) is 8.45. The van der Waals surface area contributed by atoms with Crippen LogP contribution in [0.2, 0.25) is 0 Å². The molecule has 0 N–H and O–H groups in total. The molecule has 0 spiro atoms. The number of pyridine rings is 1. The summed E-state index contributed by atoms with van der Waals surface area (Å²) in [6.07, 6.45) is 2.25. The Morgan fingerprint density at radius 3 is 2.67 bits per heavy atom. The van der Waals surface area contributed by atoms with Crippen LogP contribution in [0.1, 0.15) is 12.0 Å². The third kappa shape index (κ3) is 4.22. The number of hydrogen-bond donors (Lipinski definition) is 0. The molecule has 0 atom stereocenters. The van der Waals surface area contributed by atoms with E-state index in [1.54, 1.807) is 12.3 Å². The molecule has 2 aliphatic rings. The molecule has 2 fully saturated rings. The van der Waals surface area contributed by atoms with Crippen LogP contribution in [-0.4, -0.2) is 79.7 Å². The number of nitriles is 1. The largest absolute Gasteiger partial charge is 0.378 e. The molecule has 0 bridgehead atoms. The average Bonchev–Trinajstić information content (AvgIpc) is 2.67. The van der Waals surface area contributed by atoms with Crippen molar-refractivity contribution in [3.05, 3.63) is 23.9 Å². The van der Waals surface area contributed by atoms with Crippen LogP contribution in [0.15, 0.2) is 18.3 Å². The Balaban J connectivity index is 1.43. The Bertz CT molecular complexity index is 601. The lowest BCUT2D eigenvalue weighted by Crippen LogP contribution is -2.48. The Morgan fingerprint density at radius 1 is 1.21 bits per heavy atom. The number of carbonyl (C=O) groups excluding carboxylic acids is 1. The van der Waals surface area contributed by atoms with E-state index in [1.165, 1.54) is 0 Å². The van der Waals surface area contributed by atoms with E-state index in [0.717, 1.165) is 38.5 Å². The summed E-state index contributed by atoms with van der Waals surface area (Å²) in [6.45, 7) is 7.10. The van der Waals surface area contributed by atoms with Crippen LogP contribution in [-0.2, 0) is 9.53 Å². The molecule has 3 rings (SSSR count). The van der Waals surface area contributed by atoms with E-state index in [-0.39, 0.29) is 5.91 Å². The molecule has 1 aromatic rings. The molecule has 0 unspecified atom stereocenters. The quantitative estimate of drug-likeness (QED) is 0.792. The number of anilines is 1. The first-order chi connectivity index (χ1) is 11.8. The Morgan fingerprint density at radius 2 is 1.96 bits per heavy atom. The van der Waals surface area contributed by atoms with Crippen LogP contribution in [0.25, 0.3) is 0 Å². The van der Waals surface area contributed by atoms with Gasteiger partial charge in [-0.15, -0.1) is 0 Å². The molecule has 0 aliphatic carbocycles. The van der Waals surface area contributed by atoms with E-state index in [4.69, 9.17) is 10.00 Å². The summed E-state index contributed by atoms with van der Waals surface area (Å²) in [7, 11) is 0. The lowest BCUT2D eigenvalue weighted by atomic mass is 10.2. The highest BCUT2D eigenvalue weighted by molar-refractivity contribution is 5.76. The summed E-state index contributed by atoms with van der Waals surface area (Å²) in [5.74, 6) is 1.09. The van der Waals surface area contributed by atoms with Crippen LogP contribution in [0, 0.1) is 11.3 Å². The van der Waals surface area contributed by atoms with Crippen molar-refractivity contribution < 1.29 is 9.53 Å². The van der Waals surface area contributed by atoms with Gasteiger partial charge in [0.1, 0.15) is 5.82 Å². The number of piperazine rings is 1. The van der Waals surface area contributed by atoms with Gasteiger partial charge in [-0.3, -0.25) is 9.69 Å². The predicted molar refractivity (Wildman–Crippen MR) is 89.6 cm³/mol. The zero-order chi connectivity index (χ0) is 16.8. The van der Waals surface area contributed by atoms with Gasteiger partial charge in [0, 0.05) is 58.4 Å². The third-order valence-corrected chi connectivity index (χ3v) is 4.58. The second kappa shape index (κ2) is 8.08. The average molecular weight is 329 g/mol. The maximum Gasteiger partial charge on any atom is 0.224 e. The lowest BCUT2D eigenvalue weighted by molar-refractivity contribution is -0.135. The fourth-order valence-corrected chi connectivity index (χ4v) is 3.09. The van der Waals surface area contributed by atoms with Gasteiger partial charge in [-0.1, -0.05) is 0 Å². The second-order valence-electron chi connectivity index (χ2n) is 6.09. The summed E-state index contributed by atoms with van der Waals surface area (Å²) in [5, 5.41) is 8.98. The van der Waals surface area contributed by atoms with Gasteiger partial charge in [-0.05, 0) is 12.1 Å². The van der Waals surface area contributed by atoms with E-state index in [0.29, 0.717) is 38.3 Å². The van der Waals surface area contributed by atoms with Gasteiger partial charge in [-0.2, -0.15) is 5.26 Å². The fourth-order valence-electron chi connectivity index (χ4n) is 3.09. The van der Waals surface area contributed by atoms with Crippen LogP contribution in [0.4, 0.5) is 5.82 Å². The van der Waals surface area contributed by atoms with Crippen LogP contribution >= 0.6 is 0 Å². The summed E-state index contributed by atoms with van der Waals surface area (Å²) >= 11 is 0. The van der Waals surface area contributed by atoms with E-state index in [1.807, 2.05) is 11.0 Å². The Labute approximate surface area is 142 Å². The van der Waals surface area contributed by atoms with Crippen molar-refractivity contribution in [1.29, 1.82) is 5.26 Å². The molecule has 7 nitrogen and oxygen atoms in total. The standard InChI is InChI=1S/C17H23N5O2/c18-14-15-1-3-19-16(13-15)21-7-5-20(6-8-21)4-2-17(23)22-9-11-24-12-10-22/h1,3,13H,2,4-12H2. The van der Waals surface area contributed by atoms with Crippen LogP contribution in [0.5, 0.6) is 0 Å². The molecular formula is C17H23N5O2. The first kappa shape index (κ1) is 16.7. The molecular weight excluding hydrogens is 306 g/mol. The summed E-state index contributed by atoms with van der Waals surface area (Å²) < 4.78 is 5.28. The summed E-state index contributed by atoms with van der Waals surface area (Å²) in [4.78, 5) is 23.0. The topological polar surface area (TPSA) is 72.7 Å². The first-order valence-electron chi connectivity index (χ1n) is 8.45. The Kier molecular flexibility index (Phi) is 5.62. The van der Waals surface area contributed by atoms with E-state index in [2.05, 4.69) is 20.9 Å². The minimum Gasteiger partial charge on any atom is -0.378 e. The molecule has 1 aromatic heterocycles. The van der Waals surface area contributed by atoms with Gasteiger partial charge in [0.2, 0.25) is 5.91 Å². The molecule has 24 heavy (non-hydrogen) atoms. The number of hydrogen-bond acceptors (Lipinski definition) is 6. The highest BCUT2D eigenvalue weighted by Crippen LogP contribution is 2.15. The maximum absolute atomic E-state index is 12.2. The van der Waals surface area contributed by atoms with Crippen molar-refractivity contribution in [2.75, 3.05) is 63.9 Å². The van der Waals surface area contributed by atoms with Crippen molar-refractivity contribution in [3.8, 4) is 6.07 Å². The molecule has 2 saturated heterocycles. The lowest BCUT2D eigenvalue weighted by Gasteiger charge is -2.35. The van der Waals surface area contributed by atoms with E-state index >= 15 is 0 Å². The molecule has 0 aromatic carbocycles. The zero-order valence-corrected chi connectivity index (χ0v) is 13.9. The van der Waals surface area contributed by atoms with Gasteiger partial charge < -0.3 is 14.5 Å². The van der Waals surface area contributed by atoms with Gasteiger partial charge in [0.05, 0.1) is 24.8 Å². The van der Waals surface area contributed by atoms with E-state index < -0.39 is 0 Å². The highest BCUT2D eigenvalue weighted by Gasteiger charge is 2.21. The number of nitrogens with zero attached hydrogens (tertiary/aromatic N) is 5. The number of carbonyl (C=O) groups is 1. The van der Waals surface area contributed by atoms with Gasteiger partial charge in [0.15, 0.2) is 0 Å². The van der Waals surface area contributed by atoms with Crippen LogP contribution in [0.3, 0.4) is 0 Å². The zero-order valence-electron chi connectivity index (χ0n) is 13.9. The molecule has 7 heteroatoms. The van der Waals surface area contributed by atoms with Gasteiger partial charge in [-0.25, -0.2) is 4.98 Å². The number of morpholine rings is 1. The van der Waals surface area contributed by atoms with Crippen molar-refractivity contribution in [2.24, 2.45) is 0 Å². The van der Waals surface area contributed by atoms with Crippen molar-refractivity contribution >= 4 is 11.7 Å². The van der Waals surface area contributed by atoms with Crippen molar-refractivity contribution in [2.45, 2.75) is 6.42 Å². The fraction of sp³-hybridized carbons (Fsp3) is 0.588. The number of aromatic nitrogens is 1. The summed E-state index contributed by atoms with van der Waals surface area (Å²) in [6, 6.07) is 5.70. The normalized spacial score (nSPS) is 19.1. The van der Waals surface area contributed by atoms with E-state index in [9.17, 15) is 4.79 Å². The number of ether oxygens (including phenoxy) is 1. The third-order valence-electron chi connectivity index (χ3n) is 4.58. The molecule has 0 radical (unpaired) electrons. The van der Waals surface area contributed by atoms with Gasteiger partial charge >= 0.3 is 0 Å². The Hall–Kier alpha value is -2.17. The minimum absolute atomic E-state index is 0.226. The molecule has 1 amide bonds. The number of rotatable bonds is 4. The van der Waals surface area contributed by atoms with Crippen molar-refractivity contribution in [1.82, 2.24) is 14.8 Å². The van der Waals surface area contributed by atoms with Gasteiger partial charge in [0.25, 0.3) is 0 Å². The highest BCUT2D eigenvalue weighted by atomic mass is 16.5. The number of amides is 1. The predicted octanol–water partition coefficient (Wildman–Crippen LogP) is 0.324. The molecule has 0 saturated carbocycles. The van der Waals surface area contributed by atoms with Crippen LogP contribution < -0.4 is 4.90 Å². The summed E-state index contributed by atoms with van der Waals surface area (Å²) in [5.41, 5.74) is 0.638. The SMILES string of the molecule is N#Cc1ccnc(N2CCN(CCC(=O)N3CCOCC3)CC2)c1. The maximum atomic E-state index is 12.2. The monoisotopic (exact) mass is 329 g/mol. The second-order valence-corrected chi connectivity index (χ2v) is 6.09. The molecule has 128 valence electrons. The molecule has 2 aliphatic heterocycles. The minimum atomic E-state index is 0.226. The smallest absolute Gasteiger partial charge is 0.224 e.